The number of pyridine rings is 1. The molecule has 0 radical (unpaired) electrons. The summed E-state index contributed by atoms with van der Waals surface area (Å²) in [6, 6.07) is 11.5. The molecule has 146 valence electrons. The fourth-order valence-corrected chi connectivity index (χ4v) is 4.07. The first-order valence-corrected chi connectivity index (χ1v) is 10.3. The summed E-state index contributed by atoms with van der Waals surface area (Å²) in [7, 11) is 2.26. The number of carbonyl (C=O) groups is 1. The van der Waals surface area contributed by atoms with Crippen LogP contribution in [0.2, 0.25) is 0 Å². The second-order valence-corrected chi connectivity index (χ2v) is 7.59. The molecule has 0 bridgehead atoms. The minimum Gasteiger partial charge on any atom is -0.399 e. The summed E-state index contributed by atoms with van der Waals surface area (Å²) in [5, 5.41) is 2.61. The zero-order chi connectivity index (χ0) is 19.5. The molecule has 1 saturated heterocycles. The van der Waals surface area contributed by atoms with Gasteiger partial charge in [0.15, 0.2) is 0 Å². The molecule has 1 unspecified atom stereocenters. The van der Waals surface area contributed by atoms with Gasteiger partial charge in [0, 0.05) is 17.4 Å². The molecular weight excluding hydrogens is 369 g/mol. The number of hydrogen-bond acceptors (Lipinski definition) is 4. The quantitative estimate of drug-likeness (QED) is 0.497. The van der Waals surface area contributed by atoms with Gasteiger partial charge in [-0.15, -0.1) is 0 Å². The van der Waals surface area contributed by atoms with Crippen LogP contribution in [0.1, 0.15) is 35.3 Å². The maximum absolute atomic E-state index is 12.1. The van der Waals surface area contributed by atoms with Crippen molar-refractivity contribution in [1.82, 2.24) is 19.4 Å². The Morgan fingerprint density at radius 1 is 1.14 bits per heavy atom. The Morgan fingerprint density at radius 3 is 2.61 bits per heavy atom. The van der Waals surface area contributed by atoms with E-state index in [1.807, 2.05) is 42.6 Å². The smallest absolute Gasteiger partial charge is 0.255 e. The minimum atomic E-state index is -0.127. The van der Waals surface area contributed by atoms with Crippen LogP contribution in [0.25, 0.3) is 16.9 Å². The largest absolute Gasteiger partial charge is 0.399 e. The number of nitrogens with two attached hydrogens (primary N) is 1. The minimum absolute atomic E-state index is 0.127. The molecule has 3 N–H and O–H groups in total. The highest BCUT2D eigenvalue weighted by atomic mass is 31.0. The Kier molecular flexibility index (Phi) is 5.60. The van der Waals surface area contributed by atoms with Crippen LogP contribution in [0.4, 0.5) is 5.69 Å². The third-order valence-electron chi connectivity index (χ3n) is 5.38. The van der Waals surface area contributed by atoms with E-state index < -0.39 is 0 Å². The van der Waals surface area contributed by atoms with Gasteiger partial charge in [-0.2, -0.15) is 0 Å². The van der Waals surface area contributed by atoms with Crippen LogP contribution in [-0.4, -0.2) is 39.8 Å². The number of fused-ring (bicyclic) bond motifs is 1. The van der Waals surface area contributed by atoms with Gasteiger partial charge < -0.3 is 20.1 Å². The fourth-order valence-electron chi connectivity index (χ4n) is 3.90. The number of amides is 1. The third-order valence-corrected chi connectivity index (χ3v) is 5.64. The normalized spacial score (nSPS) is 14.6. The van der Waals surface area contributed by atoms with Crippen LogP contribution in [0.15, 0.2) is 42.6 Å². The number of aryl methyl sites for hydroxylation is 1. The van der Waals surface area contributed by atoms with Crippen molar-refractivity contribution < 1.29 is 4.79 Å². The van der Waals surface area contributed by atoms with E-state index in [2.05, 4.69) is 23.8 Å². The summed E-state index contributed by atoms with van der Waals surface area (Å²) >= 11 is 0. The van der Waals surface area contributed by atoms with Gasteiger partial charge >= 0.3 is 0 Å². The van der Waals surface area contributed by atoms with Gasteiger partial charge in [-0.3, -0.25) is 4.79 Å². The van der Waals surface area contributed by atoms with E-state index in [1.54, 1.807) is 0 Å². The molecule has 1 aliphatic heterocycles. The van der Waals surface area contributed by atoms with Gasteiger partial charge in [0.1, 0.15) is 5.65 Å². The Hall–Kier alpha value is -2.43. The van der Waals surface area contributed by atoms with Crippen molar-refractivity contribution in [2.24, 2.45) is 0 Å². The number of nitrogens with one attached hydrogen (secondary N) is 1. The number of hydrogen-bond donors (Lipinski definition) is 2. The van der Waals surface area contributed by atoms with Crippen molar-refractivity contribution in [3.05, 3.63) is 53.9 Å². The SMILES string of the molecule is Nc1ccc(-c2nc3ccc(C(=O)NP)cn3c2CCCN2CCCC2)cc1. The molecule has 7 heteroatoms. The average molecular weight is 395 g/mol. The number of carbonyl (C=O) groups excluding carboxylic acids is 1. The Balaban J connectivity index is 1.70. The maximum atomic E-state index is 12.1. The summed E-state index contributed by atoms with van der Waals surface area (Å²) in [6.07, 6.45) is 6.46. The van der Waals surface area contributed by atoms with Gasteiger partial charge in [0.2, 0.25) is 0 Å². The van der Waals surface area contributed by atoms with E-state index in [0.29, 0.717) is 5.56 Å². The molecule has 28 heavy (non-hydrogen) atoms. The molecule has 1 amide bonds. The van der Waals surface area contributed by atoms with Crippen LogP contribution in [0.5, 0.6) is 0 Å². The van der Waals surface area contributed by atoms with Crippen molar-refractivity contribution in [2.75, 3.05) is 25.4 Å². The Labute approximate surface area is 167 Å². The van der Waals surface area contributed by atoms with Crippen LogP contribution in [0, 0.1) is 0 Å². The first-order chi connectivity index (χ1) is 13.7. The summed E-state index contributed by atoms with van der Waals surface area (Å²) in [6.45, 7) is 3.51. The number of imidazole rings is 1. The predicted molar refractivity (Wildman–Crippen MR) is 116 cm³/mol. The Morgan fingerprint density at radius 2 is 1.89 bits per heavy atom. The van der Waals surface area contributed by atoms with E-state index in [9.17, 15) is 4.79 Å². The van der Waals surface area contributed by atoms with E-state index >= 15 is 0 Å². The lowest BCUT2D eigenvalue weighted by molar-refractivity contribution is 0.0983. The van der Waals surface area contributed by atoms with Crippen LogP contribution < -0.4 is 10.8 Å². The topological polar surface area (TPSA) is 75.7 Å². The molecule has 0 saturated carbocycles. The number of aromatic nitrogens is 2. The molecule has 4 rings (SSSR count). The number of likely N-dealkylation sites (tertiary alicyclic amines) is 1. The van der Waals surface area contributed by atoms with Crippen LogP contribution in [-0.2, 0) is 6.42 Å². The molecule has 1 atom stereocenters. The van der Waals surface area contributed by atoms with E-state index in [1.165, 1.54) is 25.9 Å². The van der Waals surface area contributed by atoms with Gasteiger partial charge in [-0.05, 0) is 79.0 Å². The zero-order valence-electron chi connectivity index (χ0n) is 15.9. The number of anilines is 1. The molecule has 6 nitrogen and oxygen atoms in total. The second-order valence-electron chi connectivity index (χ2n) is 7.30. The van der Waals surface area contributed by atoms with Crippen molar-refractivity contribution in [3.8, 4) is 11.3 Å². The van der Waals surface area contributed by atoms with E-state index in [4.69, 9.17) is 10.7 Å². The molecule has 1 aromatic carbocycles. The van der Waals surface area contributed by atoms with Crippen molar-refractivity contribution in [2.45, 2.75) is 25.7 Å². The lowest BCUT2D eigenvalue weighted by atomic mass is 10.1. The molecule has 3 heterocycles. The highest BCUT2D eigenvalue weighted by molar-refractivity contribution is 7.15. The molecule has 1 fully saturated rings. The van der Waals surface area contributed by atoms with Gasteiger partial charge in [0.25, 0.3) is 5.91 Å². The van der Waals surface area contributed by atoms with Crippen LogP contribution in [0.3, 0.4) is 0 Å². The summed E-state index contributed by atoms with van der Waals surface area (Å²) in [4.78, 5) is 19.5. The lowest BCUT2D eigenvalue weighted by Crippen LogP contribution is -2.21. The predicted octanol–water partition coefficient (Wildman–Crippen LogP) is 3.13. The van der Waals surface area contributed by atoms with Gasteiger partial charge in [0.05, 0.1) is 17.0 Å². The fraction of sp³-hybridized carbons (Fsp3) is 0.333. The van der Waals surface area contributed by atoms with E-state index in [0.717, 1.165) is 47.7 Å². The van der Waals surface area contributed by atoms with Crippen LogP contribution >= 0.6 is 9.39 Å². The second kappa shape index (κ2) is 8.29. The van der Waals surface area contributed by atoms with Gasteiger partial charge in [-0.1, -0.05) is 12.1 Å². The first kappa shape index (κ1) is 18.9. The third kappa shape index (κ3) is 3.89. The lowest BCUT2D eigenvalue weighted by Gasteiger charge is -2.14. The summed E-state index contributed by atoms with van der Waals surface area (Å²) in [5.74, 6) is -0.127. The summed E-state index contributed by atoms with van der Waals surface area (Å²) < 4.78 is 2.06. The number of nitrogens with zero attached hydrogens (tertiary/aromatic N) is 3. The monoisotopic (exact) mass is 395 g/mol. The number of nitrogen functional groups attached to an aromatic ring is 1. The average Bonchev–Trinajstić information content (AvgIpc) is 3.36. The molecule has 0 spiro atoms. The van der Waals surface area contributed by atoms with Crippen molar-refractivity contribution in [1.29, 1.82) is 0 Å². The standard InChI is InChI=1S/C21H26N5OP/c22-17-8-5-15(6-9-17)20-18(4-3-13-25-11-1-2-12-25)26-14-16(21(27)24-28)7-10-19(26)23-20/h5-10,14H,1-4,11-13,22,28H2,(H,24,27). The number of benzene rings is 1. The van der Waals surface area contributed by atoms with Gasteiger partial charge in [-0.25, -0.2) is 4.98 Å². The van der Waals surface area contributed by atoms with Crippen molar-refractivity contribution >= 4 is 26.6 Å². The highest BCUT2D eigenvalue weighted by Crippen LogP contribution is 2.27. The number of rotatable bonds is 6. The zero-order valence-corrected chi connectivity index (χ0v) is 17.1. The maximum Gasteiger partial charge on any atom is 0.255 e. The Bertz CT molecular complexity index is 976. The molecule has 3 aromatic rings. The van der Waals surface area contributed by atoms with E-state index in [-0.39, 0.29) is 5.91 Å². The molecule has 2 aromatic heterocycles. The first-order valence-electron chi connectivity index (χ1n) is 9.76. The molecule has 0 aliphatic carbocycles. The highest BCUT2D eigenvalue weighted by Gasteiger charge is 2.17. The summed E-state index contributed by atoms with van der Waals surface area (Å²) in [5.41, 5.74) is 11.2. The van der Waals surface area contributed by atoms with Crippen molar-refractivity contribution in [3.63, 3.8) is 0 Å². The molecule has 1 aliphatic rings. The molecular formula is C21H26N5OP.